The number of likely N-dealkylation sites (tertiary alicyclic amines) is 1. The van der Waals surface area contributed by atoms with Crippen molar-refractivity contribution in [3.05, 3.63) is 24.3 Å². The number of amides is 1. The lowest BCUT2D eigenvalue weighted by molar-refractivity contribution is 0.0176. The second-order valence-electron chi connectivity index (χ2n) is 7.66. The summed E-state index contributed by atoms with van der Waals surface area (Å²) in [5.74, 6) is -0.268. The first-order chi connectivity index (χ1) is 12.1. The van der Waals surface area contributed by atoms with E-state index < -0.39 is 21.5 Å². The van der Waals surface area contributed by atoms with Gasteiger partial charge in [0.05, 0.1) is 5.75 Å². The molecule has 8 heteroatoms. The van der Waals surface area contributed by atoms with Gasteiger partial charge in [-0.3, -0.25) is 0 Å². The summed E-state index contributed by atoms with van der Waals surface area (Å²) in [6, 6.07) is 6.94. The fourth-order valence-electron chi connectivity index (χ4n) is 3.06. The number of hydrogen-bond acceptors (Lipinski definition) is 6. The standard InChI is InChI=1S/C18H24N2O5S/c1-18(2,3)25-17(21)20-10-6-7-13(11-20)12-26(22,23)16-19-14-8-4-5-9-15(14)24-16/h4-5,8-9,13H,6-7,10-12H2,1-3H3/t13-/m1/s1. The van der Waals surface area contributed by atoms with E-state index in [0.717, 1.165) is 12.8 Å². The number of carbonyl (C=O) groups excluding carboxylic acids is 1. The van der Waals surface area contributed by atoms with Gasteiger partial charge in [0.1, 0.15) is 11.1 Å². The summed E-state index contributed by atoms with van der Waals surface area (Å²) in [6.07, 6.45) is 1.08. The Morgan fingerprint density at radius 3 is 2.77 bits per heavy atom. The van der Waals surface area contributed by atoms with Gasteiger partial charge in [0.25, 0.3) is 0 Å². The molecule has 26 heavy (non-hydrogen) atoms. The van der Waals surface area contributed by atoms with E-state index in [4.69, 9.17) is 9.15 Å². The van der Waals surface area contributed by atoms with Crippen molar-refractivity contribution in [2.24, 2.45) is 5.92 Å². The molecule has 0 unspecified atom stereocenters. The van der Waals surface area contributed by atoms with Crippen molar-refractivity contribution >= 4 is 27.0 Å². The topological polar surface area (TPSA) is 89.7 Å². The number of nitrogens with zero attached hydrogens (tertiary/aromatic N) is 2. The number of para-hydroxylation sites is 2. The molecule has 0 aliphatic carbocycles. The summed E-state index contributed by atoms with van der Waals surface area (Å²) in [7, 11) is -3.66. The number of sulfone groups is 1. The van der Waals surface area contributed by atoms with Gasteiger partial charge in [-0.05, 0) is 51.7 Å². The largest absolute Gasteiger partial charge is 0.444 e. The smallest absolute Gasteiger partial charge is 0.410 e. The maximum atomic E-state index is 12.7. The quantitative estimate of drug-likeness (QED) is 0.812. The molecule has 7 nitrogen and oxygen atoms in total. The van der Waals surface area contributed by atoms with Crippen LogP contribution in [-0.2, 0) is 14.6 Å². The molecule has 2 aromatic rings. The monoisotopic (exact) mass is 380 g/mol. The van der Waals surface area contributed by atoms with Gasteiger partial charge in [0.2, 0.25) is 9.84 Å². The van der Waals surface area contributed by atoms with Crippen LogP contribution in [0.3, 0.4) is 0 Å². The molecule has 142 valence electrons. The van der Waals surface area contributed by atoms with E-state index in [-0.39, 0.29) is 16.9 Å². The fraction of sp³-hybridized carbons (Fsp3) is 0.556. The number of fused-ring (bicyclic) bond motifs is 1. The van der Waals surface area contributed by atoms with Crippen molar-refractivity contribution in [1.82, 2.24) is 9.88 Å². The molecule has 1 aromatic carbocycles. The number of benzene rings is 1. The molecule has 0 spiro atoms. The molecule has 1 atom stereocenters. The van der Waals surface area contributed by atoms with Gasteiger partial charge in [0.15, 0.2) is 5.58 Å². The number of piperidine rings is 1. The zero-order valence-electron chi connectivity index (χ0n) is 15.3. The maximum Gasteiger partial charge on any atom is 0.410 e. The highest BCUT2D eigenvalue weighted by atomic mass is 32.2. The Morgan fingerprint density at radius 1 is 1.35 bits per heavy atom. The van der Waals surface area contributed by atoms with Gasteiger partial charge < -0.3 is 14.1 Å². The van der Waals surface area contributed by atoms with Gasteiger partial charge >= 0.3 is 11.3 Å². The number of hydrogen-bond donors (Lipinski definition) is 0. The van der Waals surface area contributed by atoms with Gasteiger partial charge in [-0.2, -0.15) is 4.98 Å². The van der Waals surface area contributed by atoms with Crippen molar-refractivity contribution in [3.63, 3.8) is 0 Å². The van der Waals surface area contributed by atoms with E-state index in [1.165, 1.54) is 0 Å². The Hall–Kier alpha value is -2.09. The van der Waals surface area contributed by atoms with Gasteiger partial charge in [0, 0.05) is 13.1 Å². The fourth-order valence-corrected chi connectivity index (χ4v) is 4.55. The number of aromatic nitrogens is 1. The lowest BCUT2D eigenvalue weighted by Crippen LogP contribution is -2.44. The van der Waals surface area contributed by atoms with Crippen molar-refractivity contribution < 1.29 is 22.4 Å². The lowest BCUT2D eigenvalue weighted by atomic mass is 10.0. The first-order valence-electron chi connectivity index (χ1n) is 8.70. The van der Waals surface area contributed by atoms with E-state index in [0.29, 0.717) is 24.2 Å². The van der Waals surface area contributed by atoms with Crippen LogP contribution >= 0.6 is 0 Å². The third kappa shape index (κ3) is 4.35. The molecule has 2 heterocycles. The van der Waals surface area contributed by atoms with Crippen LogP contribution in [0.5, 0.6) is 0 Å². The molecular weight excluding hydrogens is 356 g/mol. The zero-order chi connectivity index (χ0) is 18.9. The normalized spacial score (nSPS) is 18.9. The first-order valence-corrected chi connectivity index (χ1v) is 10.4. The van der Waals surface area contributed by atoms with E-state index in [1.807, 2.05) is 20.8 Å². The highest BCUT2D eigenvalue weighted by molar-refractivity contribution is 7.91. The predicted octanol–water partition coefficient (Wildman–Crippen LogP) is 3.25. The van der Waals surface area contributed by atoms with Crippen molar-refractivity contribution in [1.29, 1.82) is 0 Å². The molecule has 1 aliphatic rings. The van der Waals surface area contributed by atoms with E-state index >= 15 is 0 Å². The Bertz CT molecular complexity index is 865. The van der Waals surface area contributed by atoms with Crippen LogP contribution in [0.25, 0.3) is 11.1 Å². The average Bonchev–Trinajstić information content (AvgIpc) is 2.98. The van der Waals surface area contributed by atoms with E-state index in [2.05, 4.69) is 4.98 Å². The third-order valence-electron chi connectivity index (χ3n) is 4.17. The highest BCUT2D eigenvalue weighted by Crippen LogP contribution is 2.25. The number of oxazole rings is 1. The number of rotatable bonds is 3. The minimum atomic E-state index is -3.66. The summed E-state index contributed by atoms with van der Waals surface area (Å²) < 4.78 is 36.2. The van der Waals surface area contributed by atoms with E-state index in [1.54, 1.807) is 29.2 Å². The minimum absolute atomic E-state index is 0.0981. The van der Waals surface area contributed by atoms with Crippen LogP contribution in [-0.4, -0.2) is 48.8 Å². The molecular formula is C18H24N2O5S. The van der Waals surface area contributed by atoms with Crippen molar-refractivity contribution in [2.75, 3.05) is 18.8 Å². The Balaban J connectivity index is 1.70. The molecule has 3 rings (SSSR count). The molecule has 1 aromatic heterocycles. The van der Waals surface area contributed by atoms with Crippen LogP contribution in [0.15, 0.2) is 33.9 Å². The van der Waals surface area contributed by atoms with Crippen LogP contribution in [0.4, 0.5) is 4.79 Å². The summed E-state index contributed by atoms with van der Waals surface area (Å²) in [6.45, 7) is 6.36. The average molecular weight is 380 g/mol. The summed E-state index contributed by atoms with van der Waals surface area (Å²) in [5, 5.41) is -0.256. The number of ether oxygens (including phenoxy) is 1. The van der Waals surface area contributed by atoms with Crippen molar-refractivity contribution in [2.45, 2.75) is 44.4 Å². The molecule has 1 fully saturated rings. The van der Waals surface area contributed by atoms with Crippen LogP contribution in [0.2, 0.25) is 0 Å². The van der Waals surface area contributed by atoms with Crippen LogP contribution < -0.4 is 0 Å². The molecule has 0 N–H and O–H groups in total. The summed E-state index contributed by atoms with van der Waals surface area (Å²) in [4.78, 5) is 17.9. The second-order valence-corrected chi connectivity index (χ2v) is 9.58. The molecule has 0 radical (unpaired) electrons. The maximum absolute atomic E-state index is 12.7. The second kappa shape index (κ2) is 6.90. The molecule has 1 amide bonds. The predicted molar refractivity (Wildman–Crippen MR) is 96.6 cm³/mol. The molecule has 1 saturated heterocycles. The Labute approximate surface area is 153 Å². The van der Waals surface area contributed by atoms with Gasteiger partial charge in [-0.1, -0.05) is 12.1 Å². The third-order valence-corrected chi connectivity index (χ3v) is 5.78. The SMILES string of the molecule is CC(C)(C)OC(=O)N1CCC[C@@H](CS(=O)(=O)c2nc3ccccc3o2)C1. The molecule has 0 saturated carbocycles. The first kappa shape index (κ1) is 18.7. The van der Waals surface area contributed by atoms with E-state index in [9.17, 15) is 13.2 Å². The van der Waals surface area contributed by atoms with Gasteiger partial charge in [-0.25, -0.2) is 13.2 Å². The van der Waals surface area contributed by atoms with Crippen molar-refractivity contribution in [3.8, 4) is 0 Å². The highest BCUT2D eigenvalue weighted by Gasteiger charge is 2.32. The van der Waals surface area contributed by atoms with Crippen LogP contribution in [0.1, 0.15) is 33.6 Å². The Kier molecular flexibility index (Phi) is 4.96. The summed E-state index contributed by atoms with van der Waals surface area (Å²) >= 11 is 0. The summed E-state index contributed by atoms with van der Waals surface area (Å²) in [5.41, 5.74) is 0.393. The minimum Gasteiger partial charge on any atom is -0.444 e. The number of carbonyl (C=O) groups is 1. The zero-order valence-corrected chi connectivity index (χ0v) is 16.1. The van der Waals surface area contributed by atoms with Crippen LogP contribution in [0, 0.1) is 5.92 Å². The van der Waals surface area contributed by atoms with Gasteiger partial charge in [-0.15, -0.1) is 0 Å². The Morgan fingerprint density at radius 2 is 2.08 bits per heavy atom. The molecule has 0 bridgehead atoms. The molecule has 1 aliphatic heterocycles. The lowest BCUT2D eigenvalue weighted by Gasteiger charge is -2.33.